The van der Waals surface area contributed by atoms with Gasteiger partial charge in [0.1, 0.15) is 10.6 Å². The first-order valence-corrected chi connectivity index (χ1v) is 12.0. The minimum absolute atomic E-state index is 0.00604. The van der Waals surface area contributed by atoms with Crippen LogP contribution in [0.3, 0.4) is 0 Å². The van der Waals surface area contributed by atoms with Crippen LogP contribution < -0.4 is 9.64 Å². The maximum absolute atomic E-state index is 13.5. The Hall–Kier alpha value is -3.05. The molecule has 0 unspecified atom stereocenters. The van der Waals surface area contributed by atoms with Crippen LogP contribution in [0.1, 0.15) is 16.8 Å². The van der Waals surface area contributed by atoms with Crippen LogP contribution in [0.2, 0.25) is 0 Å². The second-order valence-electron chi connectivity index (χ2n) is 8.03. The van der Waals surface area contributed by atoms with Gasteiger partial charge in [-0.2, -0.15) is 17.5 Å². The number of sulfonamides is 1. The molecule has 1 aromatic heterocycles. The third-order valence-corrected chi connectivity index (χ3v) is 7.90. The summed E-state index contributed by atoms with van der Waals surface area (Å²) in [6, 6.07) is 9.81. The van der Waals surface area contributed by atoms with Gasteiger partial charge in [-0.25, -0.2) is 8.42 Å². The Kier molecular flexibility index (Phi) is 6.34. The molecule has 0 N–H and O–H groups in total. The molecule has 34 heavy (non-hydrogen) atoms. The number of methoxy groups -OCH3 is 1. The zero-order valence-electron chi connectivity index (χ0n) is 18.9. The van der Waals surface area contributed by atoms with Gasteiger partial charge in [0.25, 0.3) is 0 Å². The number of anilines is 1. The SMILES string of the molecule is COc1ccc(-c2onc(C)c2C)cc1S(=O)(=O)N1CCN(c2cccc(C(F)(F)F)c2)CC1. The Morgan fingerprint density at radius 2 is 1.74 bits per heavy atom. The maximum atomic E-state index is 13.5. The van der Waals surface area contributed by atoms with Gasteiger partial charge in [0.15, 0.2) is 5.76 Å². The summed E-state index contributed by atoms with van der Waals surface area (Å²) in [6.45, 7) is 4.38. The Morgan fingerprint density at radius 3 is 2.32 bits per heavy atom. The molecule has 3 aromatic rings. The van der Waals surface area contributed by atoms with Crippen molar-refractivity contribution in [3.8, 4) is 17.1 Å². The van der Waals surface area contributed by atoms with E-state index in [9.17, 15) is 21.6 Å². The number of halogens is 3. The predicted molar refractivity (Wildman–Crippen MR) is 120 cm³/mol. The van der Waals surface area contributed by atoms with Gasteiger partial charge in [-0.1, -0.05) is 11.2 Å². The Bertz CT molecular complexity index is 1300. The van der Waals surface area contributed by atoms with Gasteiger partial charge in [0.2, 0.25) is 10.0 Å². The molecule has 0 aliphatic carbocycles. The van der Waals surface area contributed by atoms with E-state index in [0.29, 0.717) is 22.7 Å². The second kappa shape index (κ2) is 8.95. The minimum atomic E-state index is -4.44. The van der Waals surface area contributed by atoms with Crippen LogP contribution in [0.5, 0.6) is 5.75 Å². The monoisotopic (exact) mass is 495 g/mol. The molecule has 11 heteroatoms. The lowest BCUT2D eigenvalue weighted by atomic mass is 10.1. The number of nitrogens with zero attached hydrogens (tertiary/aromatic N) is 3. The standard InChI is InChI=1S/C23H24F3N3O4S/c1-15-16(2)27-33-22(15)17-7-8-20(32-3)21(13-17)34(30,31)29-11-9-28(10-12-29)19-6-4-5-18(14-19)23(24,25)26/h4-8,13-14H,9-12H2,1-3H3. The average Bonchev–Trinajstić information content (AvgIpc) is 3.16. The van der Waals surface area contributed by atoms with Crippen LogP contribution in [0.25, 0.3) is 11.3 Å². The van der Waals surface area contributed by atoms with Crippen molar-refractivity contribution in [3.63, 3.8) is 0 Å². The van der Waals surface area contributed by atoms with E-state index in [4.69, 9.17) is 9.26 Å². The van der Waals surface area contributed by atoms with Crippen molar-refractivity contribution >= 4 is 15.7 Å². The van der Waals surface area contributed by atoms with Gasteiger partial charge in [-0.05, 0) is 50.2 Å². The fourth-order valence-electron chi connectivity index (χ4n) is 3.91. The Morgan fingerprint density at radius 1 is 1.03 bits per heavy atom. The minimum Gasteiger partial charge on any atom is -0.495 e. The highest BCUT2D eigenvalue weighted by molar-refractivity contribution is 7.89. The Balaban J connectivity index is 1.58. The summed E-state index contributed by atoms with van der Waals surface area (Å²) < 4.78 is 78.2. The van der Waals surface area contributed by atoms with Crippen LogP contribution in [0.15, 0.2) is 51.9 Å². The molecular weight excluding hydrogens is 471 g/mol. The van der Waals surface area contributed by atoms with E-state index in [2.05, 4.69) is 5.16 Å². The first-order valence-electron chi connectivity index (χ1n) is 10.6. The number of aryl methyl sites for hydroxylation is 1. The van der Waals surface area contributed by atoms with Crippen LogP contribution in [0.4, 0.5) is 18.9 Å². The summed E-state index contributed by atoms with van der Waals surface area (Å²) in [4.78, 5) is 1.74. The fourth-order valence-corrected chi connectivity index (χ4v) is 5.51. The quantitative estimate of drug-likeness (QED) is 0.519. The smallest absolute Gasteiger partial charge is 0.416 e. The molecule has 2 aromatic carbocycles. The van der Waals surface area contributed by atoms with E-state index < -0.39 is 21.8 Å². The van der Waals surface area contributed by atoms with Gasteiger partial charge >= 0.3 is 6.18 Å². The lowest BCUT2D eigenvalue weighted by Crippen LogP contribution is -2.48. The number of ether oxygens (including phenoxy) is 1. The second-order valence-corrected chi connectivity index (χ2v) is 9.93. The summed E-state index contributed by atoms with van der Waals surface area (Å²) >= 11 is 0. The molecule has 1 saturated heterocycles. The Labute approximate surface area is 195 Å². The summed E-state index contributed by atoms with van der Waals surface area (Å²) in [6.07, 6.45) is -4.44. The highest BCUT2D eigenvalue weighted by atomic mass is 32.2. The van der Waals surface area contributed by atoms with Gasteiger partial charge in [0.05, 0.1) is 18.4 Å². The van der Waals surface area contributed by atoms with E-state index >= 15 is 0 Å². The number of hydrogen-bond donors (Lipinski definition) is 0. The maximum Gasteiger partial charge on any atom is 0.416 e. The normalized spacial score (nSPS) is 15.5. The average molecular weight is 496 g/mol. The van der Waals surface area contributed by atoms with Crippen LogP contribution in [-0.4, -0.2) is 51.2 Å². The molecule has 4 rings (SSSR count). The molecule has 182 valence electrons. The van der Waals surface area contributed by atoms with Crippen LogP contribution in [0, 0.1) is 13.8 Å². The lowest BCUT2D eigenvalue weighted by molar-refractivity contribution is -0.137. The van der Waals surface area contributed by atoms with Crippen molar-refractivity contribution in [2.75, 3.05) is 38.2 Å². The molecular formula is C23H24F3N3O4S. The van der Waals surface area contributed by atoms with E-state index in [1.54, 1.807) is 30.0 Å². The largest absolute Gasteiger partial charge is 0.495 e. The van der Waals surface area contributed by atoms with Gasteiger partial charge < -0.3 is 14.2 Å². The first-order chi connectivity index (χ1) is 16.0. The molecule has 1 aliphatic rings. The predicted octanol–water partition coefficient (Wildman–Crippen LogP) is 4.50. The van der Waals surface area contributed by atoms with E-state index in [1.165, 1.54) is 23.5 Å². The number of rotatable bonds is 5. The summed E-state index contributed by atoms with van der Waals surface area (Å²) in [5, 5.41) is 3.93. The van der Waals surface area contributed by atoms with E-state index in [1.807, 2.05) is 6.92 Å². The highest BCUT2D eigenvalue weighted by Crippen LogP contribution is 2.35. The number of piperazine rings is 1. The first kappa shape index (κ1) is 24.1. The summed E-state index contributed by atoms with van der Waals surface area (Å²) in [7, 11) is -2.55. The van der Waals surface area contributed by atoms with Crippen molar-refractivity contribution in [1.82, 2.24) is 9.46 Å². The third-order valence-electron chi connectivity index (χ3n) is 5.98. The van der Waals surface area contributed by atoms with Crippen molar-refractivity contribution in [2.24, 2.45) is 0 Å². The molecule has 0 saturated carbocycles. The number of alkyl halides is 3. The molecule has 0 bridgehead atoms. The molecule has 0 radical (unpaired) electrons. The van der Waals surface area contributed by atoms with Crippen LogP contribution in [-0.2, 0) is 16.2 Å². The molecule has 1 fully saturated rings. The third kappa shape index (κ3) is 4.49. The van der Waals surface area contributed by atoms with Gasteiger partial charge in [-0.3, -0.25) is 0 Å². The van der Waals surface area contributed by atoms with Crippen LogP contribution >= 0.6 is 0 Å². The fraction of sp³-hybridized carbons (Fsp3) is 0.348. The zero-order valence-corrected chi connectivity index (χ0v) is 19.7. The van der Waals surface area contributed by atoms with Gasteiger partial charge in [0, 0.05) is 43.0 Å². The molecule has 0 amide bonds. The van der Waals surface area contributed by atoms with E-state index in [-0.39, 0.29) is 36.8 Å². The molecule has 7 nitrogen and oxygen atoms in total. The van der Waals surface area contributed by atoms with Crippen molar-refractivity contribution in [2.45, 2.75) is 24.9 Å². The molecule has 0 spiro atoms. The van der Waals surface area contributed by atoms with Crippen molar-refractivity contribution < 1.29 is 30.8 Å². The molecule has 1 aliphatic heterocycles. The topological polar surface area (TPSA) is 75.9 Å². The zero-order chi connectivity index (χ0) is 24.7. The lowest BCUT2D eigenvalue weighted by Gasteiger charge is -2.35. The highest BCUT2D eigenvalue weighted by Gasteiger charge is 2.33. The summed E-state index contributed by atoms with van der Waals surface area (Å²) in [5.74, 6) is 0.670. The summed E-state index contributed by atoms with van der Waals surface area (Å²) in [5.41, 5.74) is 1.74. The number of benzene rings is 2. The van der Waals surface area contributed by atoms with Crippen molar-refractivity contribution in [3.05, 3.63) is 59.3 Å². The molecule has 2 heterocycles. The number of hydrogen-bond acceptors (Lipinski definition) is 6. The number of aromatic nitrogens is 1. The van der Waals surface area contributed by atoms with E-state index in [0.717, 1.165) is 17.7 Å². The van der Waals surface area contributed by atoms with Gasteiger partial charge in [-0.15, -0.1) is 0 Å². The molecule has 0 atom stereocenters. The van der Waals surface area contributed by atoms with Crippen molar-refractivity contribution in [1.29, 1.82) is 0 Å².